The molecule has 1 saturated carbocycles. The van der Waals surface area contributed by atoms with Crippen LogP contribution in [0.4, 0.5) is 0 Å². The summed E-state index contributed by atoms with van der Waals surface area (Å²) in [7, 11) is 0. The molecule has 0 spiro atoms. The smallest absolute Gasteiger partial charge is 0.0960 e. The van der Waals surface area contributed by atoms with E-state index in [2.05, 4.69) is 18.3 Å². The van der Waals surface area contributed by atoms with Gasteiger partial charge in [0.2, 0.25) is 0 Å². The maximum atomic E-state index is 8.84. The first-order valence-corrected chi connectivity index (χ1v) is 6.23. The van der Waals surface area contributed by atoms with Crippen LogP contribution in [0.2, 0.25) is 0 Å². The van der Waals surface area contributed by atoms with E-state index in [0.29, 0.717) is 0 Å². The normalized spacial score (nSPS) is 18.2. The molecule has 1 aliphatic carbocycles. The van der Waals surface area contributed by atoms with E-state index in [1.807, 2.05) is 11.8 Å². The highest BCUT2D eigenvalue weighted by Gasteiger charge is 2.21. The molecule has 74 valence electrons. The van der Waals surface area contributed by atoms with Gasteiger partial charge in [-0.05, 0) is 43.2 Å². The van der Waals surface area contributed by atoms with Gasteiger partial charge in [0.15, 0.2) is 0 Å². The molecule has 0 aromatic rings. The Balaban J connectivity index is 2.00. The second-order valence-corrected chi connectivity index (χ2v) is 4.91. The van der Waals surface area contributed by atoms with Crippen molar-refractivity contribution in [1.82, 2.24) is 5.32 Å². The molecule has 1 unspecified atom stereocenters. The summed E-state index contributed by atoms with van der Waals surface area (Å²) in [4.78, 5) is 0. The lowest BCUT2D eigenvalue weighted by molar-refractivity contribution is 0.563. The van der Waals surface area contributed by atoms with Crippen LogP contribution in [0.3, 0.4) is 0 Å². The zero-order valence-corrected chi connectivity index (χ0v) is 9.07. The van der Waals surface area contributed by atoms with E-state index in [-0.39, 0.29) is 6.04 Å². The predicted molar refractivity (Wildman–Crippen MR) is 57.7 cm³/mol. The average Bonchev–Trinajstić information content (AvgIpc) is 2.94. The third-order valence-corrected chi connectivity index (χ3v) is 3.19. The summed E-state index contributed by atoms with van der Waals surface area (Å²) in [6.45, 7) is 3.21. The molecule has 1 atom stereocenters. The van der Waals surface area contributed by atoms with Crippen molar-refractivity contribution in [2.24, 2.45) is 5.92 Å². The van der Waals surface area contributed by atoms with Crippen molar-refractivity contribution in [2.75, 3.05) is 18.1 Å². The van der Waals surface area contributed by atoms with Gasteiger partial charge in [0, 0.05) is 0 Å². The van der Waals surface area contributed by atoms with Gasteiger partial charge in [-0.25, -0.2) is 0 Å². The zero-order chi connectivity index (χ0) is 9.52. The highest BCUT2D eigenvalue weighted by Crippen LogP contribution is 2.27. The summed E-state index contributed by atoms with van der Waals surface area (Å²) in [6, 6.07) is 2.40. The van der Waals surface area contributed by atoms with Gasteiger partial charge in [0.05, 0.1) is 12.1 Å². The third kappa shape index (κ3) is 5.17. The molecule has 1 fully saturated rings. The minimum atomic E-state index is 0.0830. The molecule has 0 aromatic carbocycles. The second kappa shape index (κ2) is 6.28. The van der Waals surface area contributed by atoms with Crippen LogP contribution >= 0.6 is 11.8 Å². The molecular formula is C10H18N2S. The van der Waals surface area contributed by atoms with Crippen LogP contribution in [0.25, 0.3) is 0 Å². The van der Waals surface area contributed by atoms with Crippen LogP contribution in [0.5, 0.6) is 0 Å². The Morgan fingerprint density at radius 3 is 2.92 bits per heavy atom. The van der Waals surface area contributed by atoms with Crippen molar-refractivity contribution >= 4 is 11.8 Å². The molecule has 0 aromatic heterocycles. The van der Waals surface area contributed by atoms with Crippen molar-refractivity contribution < 1.29 is 0 Å². The quantitative estimate of drug-likeness (QED) is 0.636. The molecule has 2 nitrogen and oxygen atoms in total. The highest BCUT2D eigenvalue weighted by atomic mass is 32.2. The van der Waals surface area contributed by atoms with E-state index < -0.39 is 0 Å². The number of nitriles is 1. The van der Waals surface area contributed by atoms with Gasteiger partial charge in [0.1, 0.15) is 0 Å². The van der Waals surface area contributed by atoms with Crippen molar-refractivity contribution in [3.05, 3.63) is 0 Å². The lowest BCUT2D eigenvalue weighted by Crippen LogP contribution is -2.29. The van der Waals surface area contributed by atoms with Crippen molar-refractivity contribution in [3.8, 4) is 6.07 Å². The van der Waals surface area contributed by atoms with Crippen LogP contribution in [0.1, 0.15) is 26.2 Å². The van der Waals surface area contributed by atoms with Crippen molar-refractivity contribution in [3.63, 3.8) is 0 Å². The fourth-order valence-electron chi connectivity index (χ4n) is 1.19. The topological polar surface area (TPSA) is 35.8 Å². The first kappa shape index (κ1) is 10.9. The molecular weight excluding hydrogens is 180 g/mol. The predicted octanol–water partition coefficient (Wildman–Crippen LogP) is 2.02. The fourth-order valence-corrected chi connectivity index (χ4v) is 1.88. The summed E-state index contributed by atoms with van der Waals surface area (Å²) in [5.41, 5.74) is 0. The number of nitrogens with zero attached hydrogens (tertiary/aromatic N) is 1. The van der Waals surface area contributed by atoms with Gasteiger partial charge in [-0.15, -0.1) is 0 Å². The average molecular weight is 198 g/mol. The molecule has 0 saturated heterocycles. The van der Waals surface area contributed by atoms with Gasteiger partial charge >= 0.3 is 0 Å². The summed E-state index contributed by atoms with van der Waals surface area (Å²) in [5.74, 6) is 3.13. The van der Waals surface area contributed by atoms with E-state index >= 15 is 0 Å². The largest absolute Gasteiger partial charge is 0.302 e. The lowest BCUT2D eigenvalue weighted by atomic mass is 10.2. The Morgan fingerprint density at radius 2 is 2.38 bits per heavy atom. The SMILES string of the molecule is CCSCCC(C#N)NCC1CC1. The maximum Gasteiger partial charge on any atom is 0.0960 e. The number of hydrogen-bond acceptors (Lipinski definition) is 3. The minimum Gasteiger partial charge on any atom is -0.302 e. The zero-order valence-electron chi connectivity index (χ0n) is 8.25. The summed E-state index contributed by atoms with van der Waals surface area (Å²) < 4.78 is 0. The molecule has 1 aliphatic rings. The Bertz CT molecular complexity index is 172. The van der Waals surface area contributed by atoms with Crippen molar-refractivity contribution in [2.45, 2.75) is 32.2 Å². The van der Waals surface area contributed by atoms with Crippen molar-refractivity contribution in [1.29, 1.82) is 5.26 Å². The Labute approximate surface area is 85.1 Å². The van der Waals surface area contributed by atoms with E-state index in [4.69, 9.17) is 5.26 Å². The van der Waals surface area contributed by atoms with Gasteiger partial charge in [-0.1, -0.05) is 6.92 Å². The Kier molecular flexibility index (Phi) is 5.26. The Morgan fingerprint density at radius 1 is 1.62 bits per heavy atom. The highest BCUT2D eigenvalue weighted by molar-refractivity contribution is 7.99. The van der Waals surface area contributed by atoms with E-state index in [9.17, 15) is 0 Å². The number of thioether (sulfide) groups is 1. The third-order valence-electron chi connectivity index (χ3n) is 2.26. The molecule has 0 amide bonds. The summed E-state index contributed by atoms with van der Waals surface area (Å²) in [5, 5.41) is 12.2. The van der Waals surface area contributed by atoms with E-state index in [1.54, 1.807) is 0 Å². The van der Waals surface area contributed by atoms with Gasteiger partial charge in [-0.2, -0.15) is 17.0 Å². The molecule has 1 rings (SSSR count). The fraction of sp³-hybridized carbons (Fsp3) is 0.900. The molecule has 1 N–H and O–H groups in total. The van der Waals surface area contributed by atoms with E-state index in [1.165, 1.54) is 12.8 Å². The summed E-state index contributed by atoms with van der Waals surface area (Å²) in [6.07, 6.45) is 3.70. The van der Waals surface area contributed by atoms with Gasteiger partial charge in [-0.3, -0.25) is 0 Å². The maximum absolute atomic E-state index is 8.84. The minimum absolute atomic E-state index is 0.0830. The Hall–Kier alpha value is -0.200. The molecule has 0 radical (unpaired) electrons. The molecule has 0 aliphatic heterocycles. The monoisotopic (exact) mass is 198 g/mol. The van der Waals surface area contributed by atoms with E-state index in [0.717, 1.165) is 30.4 Å². The number of hydrogen-bond donors (Lipinski definition) is 1. The molecule has 0 bridgehead atoms. The van der Waals surface area contributed by atoms with Gasteiger partial charge < -0.3 is 5.32 Å². The van der Waals surface area contributed by atoms with Crippen LogP contribution in [0.15, 0.2) is 0 Å². The summed E-state index contributed by atoms with van der Waals surface area (Å²) >= 11 is 1.91. The van der Waals surface area contributed by atoms with Crippen LogP contribution in [0, 0.1) is 17.2 Å². The van der Waals surface area contributed by atoms with Gasteiger partial charge in [0.25, 0.3) is 0 Å². The number of nitrogens with one attached hydrogen (secondary N) is 1. The van der Waals surface area contributed by atoms with Crippen LogP contribution in [-0.2, 0) is 0 Å². The molecule has 3 heteroatoms. The van der Waals surface area contributed by atoms with Crippen LogP contribution < -0.4 is 5.32 Å². The molecule has 0 heterocycles. The second-order valence-electron chi connectivity index (χ2n) is 3.52. The lowest BCUT2D eigenvalue weighted by Gasteiger charge is -2.09. The molecule has 13 heavy (non-hydrogen) atoms. The standard InChI is InChI=1S/C10H18N2S/c1-2-13-6-5-10(7-11)12-8-9-3-4-9/h9-10,12H,2-6,8H2,1H3. The first-order chi connectivity index (χ1) is 6.36. The first-order valence-electron chi connectivity index (χ1n) is 5.07. The van der Waals surface area contributed by atoms with Crippen LogP contribution in [-0.4, -0.2) is 24.1 Å². The number of rotatable bonds is 7.